The van der Waals surface area contributed by atoms with Crippen molar-refractivity contribution >= 4 is 11.6 Å². The number of hydrazone groups is 1. The molecule has 136 valence electrons. The van der Waals surface area contributed by atoms with E-state index in [0.29, 0.717) is 5.56 Å². The van der Waals surface area contributed by atoms with Crippen LogP contribution in [0.4, 0.5) is 13.2 Å². The molecule has 0 bridgehead atoms. The van der Waals surface area contributed by atoms with E-state index in [1.54, 1.807) is 30.3 Å². The number of benzene rings is 1. The number of amides is 1. The lowest BCUT2D eigenvalue weighted by molar-refractivity contribution is -0.302. The standard InChI is InChI=1S/C18H16F3N3O2/c19-18(20,21)17(26)12-15(14-8-10-22-11-9-14)23-24(17)16(25)7-6-13-4-2-1-3-5-13/h1-5,8-11,26H,6-7,12H2/t17-/m0/s1. The van der Waals surface area contributed by atoms with E-state index in [2.05, 4.69) is 10.1 Å². The van der Waals surface area contributed by atoms with Gasteiger partial charge in [0.05, 0.1) is 12.1 Å². The molecular weight excluding hydrogens is 347 g/mol. The maximum absolute atomic E-state index is 13.5. The maximum atomic E-state index is 13.5. The molecule has 0 unspecified atom stereocenters. The highest BCUT2D eigenvalue weighted by molar-refractivity contribution is 6.03. The number of pyridine rings is 1. The van der Waals surface area contributed by atoms with Gasteiger partial charge in [0.1, 0.15) is 0 Å². The predicted octanol–water partition coefficient (Wildman–Crippen LogP) is 2.90. The lowest BCUT2D eigenvalue weighted by atomic mass is 10.0. The average molecular weight is 363 g/mol. The summed E-state index contributed by atoms with van der Waals surface area (Å²) in [6, 6.07) is 11.9. The predicted molar refractivity (Wildman–Crippen MR) is 88.0 cm³/mol. The minimum atomic E-state index is -5.03. The van der Waals surface area contributed by atoms with Crippen molar-refractivity contribution in [3.8, 4) is 0 Å². The third-order valence-corrected chi connectivity index (χ3v) is 4.16. The van der Waals surface area contributed by atoms with Gasteiger partial charge in [0.15, 0.2) is 0 Å². The second-order valence-electron chi connectivity index (χ2n) is 5.96. The van der Waals surface area contributed by atoms with Crippen LogP contribution in [0.1, 0.15) is 24.0 Å². The Morgan fingerprint density at radius 2 is 1.81 bits per heavy atom. The van der Waals surface area contributed by atoms with Gasteiger partial charge >= 0.3 is 6.18 Å². The van der Waals surface area contributed by atoms with E-state index in [0.717, 1.165) is 5.56 Å². The summed E-state index contributed by atoms with van der Waals surface area (Å²) in [6.07, 6.45) is -2.99. The molecule has 1 aliphatic heterocycles. The fourth-order valence-corrected chi connectivity index (χ4v) is 2.74. The SMILES string of the molecule is O=C(CCc1ccccc1)N1N=C(c2ccncc2)C[C@]1(O)C(F)(F)F. The summed E-state index contributed by atoms with van der Waals surface area (Å²) in [7, 11) is 0. The van der Waals surface area contributed by atoms with Crippen molar-refractivity contribution in [2.24, 2.45) is 5.10 Å². The quantitative estimate of drug-likeness (QED) is 0.908. The van der Waals surface area contributed by atoms with Crippen LogP contribution in [0.5, 0.6) is 0 Å². The Kier molecular flexibility index (Phi) is 4.78. The summed E-state index contributed by atoms with van der Waals surface area (Å²) < 4.78 is 40.4. The van der Waals surface area contributed by atoms with Crippen LogP contribution in [0.25, 0.3) is 0 Å². The van der Waals surface area contributed by atoms with Crippen LogP contribution >= 0.6 is 0 Å². The highest BCUT2D eigenvalue weighted by atomic mass is 19.4. The van der Waals surface area contributed by atoms with Gasteiger partial charge in [-0.2, -0.15) is 23.3 Å². The second kappa shape index (κ2) is 6.87. The summed E-state index contributed by atoms with van der Waals surface area (Å²) in [4.78, 5) is 16.2. The van der Waals surface area contributed by atoms with Crippen LogP contribution < -0.4 is 0 Å². The largest absolute Gasteiger partial charge is 0.438 e. The summed E-state index contributed by atoms with van der Waals surface area (Å²) in [5.74, 6) is -0.891. The van der Waals surface area contributed by atoms with Crippen LogP contribution in [-0.2, 0) is 11.2 Å². The van der Waals surface area contributed by atoms with Gasteiger partial charge in [0.25, 0.3) is 5.72 Å². The molecular formula is C18H16F3N3O2. The summed E-state index contributed by atoms with van der Waals surface area (Å²) in [6.45, 7) is 0. The molecule has 2 heterocycles. The molecule has 0 radical (unpaired) electrons. The fraction of sp³-hybridized carbons (Fsp3) is 0.278. The van der Waals surface area contributed by atoms with Crippen molar-refractivity contribution in [1.82, 2.24) is 9.99 Å². The highest BCUT2D eigenvalue weighted by Gasteiger charge is 2.63. The van der Waals surface area contributed by atoms with Crippen LogP contribution in [0.15, 0.2) is 60.0 Å². The zero-order valence-corrected chi connectivity index (χ0v) is 13.6. The lowest BCUT2D eigenvalue weighted by Crippen LogP contribution is -2.56. The van der Waals surface area contributed by atoms with E-state index in [1.165, 1.54) is 24.5 Å². The molecule has 1 N–H and O–H groups in total. The van der Waals surface area contributed by atoms with Crippen LogP contribution in [0.3, 0.4) is 0 Å². The summed E-state index contributed by atoms with van der Waals surface area (Å²) in [5.41, 5.74) is -2.17. The normalized spacial score (nSPS) is 20.2. The number of aryl methyl sites for hydroxylation is 1. The third kappa shape index (κ3) is 3.45. The van der Waals surface area contributed by atoms with Gasteiger partial charge in [0.2, 0.25) is 5.91 Å². The molecule has 1 aromatic carbocycles. The van der Waals surface area contributed by atoms with Gasteiger partial charge < -0.3 is 5.11 Å². The molecule has 1 aliphatic rings. The van der Waals surface area contributed by atoms with Gasteiger partial charge in [-0.05, 0) is 24.1 Å². The van der Waals surface area contributed by atoms with Crippen LogP contribution in [0.2, 0.25) is 0 Å². The van der Waals surface area contributed by atoms with Crippen molar-refractivity contribution in [3.05, 3.63) is 66.0 Å². The summed E-state index contributed by atoms with van der Waals surface area (Å²) in [5, 5.41) is 14.2. The van der Waals surface area contributed by atoms with E-state index in [1.807, 2.05) is 0 Å². The first-order chi connectivity index (χ1) is 12.3. The average Bonchev–Trinajstić information content (AvgIpc) is 3.00. The number of hydrogen-bond acceptors (Lipinski definition) is 4. The molecule has 1 aromatic heterocycles. The number of carbonyl (C=O) groups is 1. The smallest absolute Gasteiger partial charge is 0.362 e. The van der Waals surface area contributed by atoms with Gasteiger partial charge in [0, 0.05) is 24.4 Å². The van der Waals surface area contributed by atoms with Crippen molar-refractivity contribution in [1.29, 1.82) is 0 Å². The monoisotopic (exact) mass is 363 g/mol. The van der Waals surface area contributed by atoms with Crippen LogP contribution in [0, 0.1) is 0 Å². The van der Waals surface area contributed by atoms with Crippen molar-refractivity contribution in [2.45, 2.75) is 31.2 Å². The number of hydrogen-bond donors (Lipinski definition) is 1. The Bertz CT molecular complexity index is 809. The zero-order valence-electron chi connectivity index (χ0n) is 13.6. The number of carbonyl (C=O) groups excluding carboxylic acids is 1. The number of aromatic nitrogens is 1. The molecule has 3 rings (SSSR count). The minimum absolute atomic E-state index is 0.0136. The van der Waals surface area contributed by atoms with E-state index >= 15 is 0 Å². The maximum Gasteiger partial charge on any atom is 0.438 e. The van der Waals surface area contributed by atoms with Crippen molar-refractivity contribution in [3.63, 3.8) is 0 Å². The third-order valence-electron chi connectivity index (χ3n) is 4.16. The molecule has 0 fully saturated rings. The number of halogens is 3. The first-order valence-corrected chi connectivity index (χ1v) is 7.95. The molecule has 2 aromatic rings. The van der Waals surface area contributed by atoms with Gasteiger partial charge in [-0.25, -0.2) is 0 Å². The molecule has 0 saturated carbocycles. The molecule has 5 nitrogen and oxygen atoms in total. The van der Waals surface area contributed by atoms with E-state index in [9.17, 15) is 23.1 Å². The van der Waals surface area contributed by atoms with E-state index in [-0.39, 0.29) is 23.6 Å². The van der Waals surface area contributed by atoms with Crippen molar-refractivity contribution < 1.29 is 23.1 Å². The van der Waals surface area contributed by atoms with E-state index in [4.69, 9.17) is 0 Å². The Hall–Kier alpha value is -2.74. The Morgan fingerprint density at radius 3 is 2.42 bits per heavy atom. The van der Waals surface area contributed by atoms with E-state index < -0.39 is 24.2 Å². The topological polar surface area (TPSA) is 65.8 Å². The van der Waals surface area contributed by atoms with Gasteiger partial charge in [-0.15, -0.1) is 0 Å². The highest BCUT2D eigenvalue weighted by Crippen LogP contribution is 2.41. The molecule has 1 amide bonds. The first kappa shape index (κ1) is 18.1. The Balaban J connectivity index is 1.85. The molecule has 0 aliphatic carbocycles. The van der Waals surface area contributed by atoms with Gasteiger partial charge in [-0.3, -0.25) is 9.78 Å². The second-order valence-corrected chi connectivity index (χ2v) is 5.96. The molecule has 1 atom stereocenters. The zero-order chi connectivity index (χ0) is 18.8. The number of nitrogens with zero attached hydrogens (tertiary/aromatic N) is 3. The first-order valence-electron chi connectivity index (χ1n) is 7.95. The molecule has 0 saturated heterocycles. The molecule has 0 spiro atoms. The number of aliphatic hydroxyl groups is 1. The van der Waals surface area contributed by atoms with Crippen LogP contribution in [-0.4, -0.2) is 38.6 Å². The lowest BCUT2D eigenvalue weighted by Gasteiger charge is -2.32. The fourth-order valence-electron chi connectivity index (χ4n) is 2.74. The minimum Gasteiger partial charge on any atom is -0.362 e. The number of alkyl halides is 3. The Morgan fingerprint density at radius 1 is 1.15 bits per heavy atom. The number of rotatable bonds is 4. The molecule has 8 heteroatoms. The van der Waals surface area contributed by atoms with Crippen molar-refractivity contribution in [2.75, 3.05) is 0 Å². The summed E-state index contributed by atoms with van der Waals surface area (Å²) >= 11 is 0. The Labute approximate surface area is 147 Å². The molecule has 26 heavy (non-hydrogen) atoms. The van der Waals surface area contributed by atoms with Gasteiger partial charge in [-0.1, -0.05) is 30.3 Å².